The van der Waals surface area contributed by atoms with Crippen LogP contribution in [0.25, 0.3) is 0 Å². The lowest BCUT2D eigenvalue weighted by Gasteiger charge is -2.21. The maximum Gasteiger partial charge on any atom is 0.134 e. The van der Waals surface area contributed by atoms with Gasteiger partial charge in [0, 0.05) is 0 Å². The standard InChI is InChI=1S/C9H14N4S/c1-6(11-9(3,4)5-10)8-13-12-7(2)14-8/h6,11H,1-4H3. The third-order valence-electron chi connectivity index (χ3n) is 1.77. The molecule has 0 saturated heterocycles. The third-order valence-corrected chi connectivity index (χ3v) is 2.79. The topological polar surface area (TPSA) is 61.6 Å². The number of aromatic nitrogens is 2. The minimum absolute atomic E-state index is 0.0656. The van der Waals surface area contributed by atoms with E-state index in [4.69, 9.17) is 5.26 Å². The number of aryl methyl sites for hydroxylation is 1. The molecule has 1 atom stereocenters. The van der Waals surface area contributed by atoms with Crippen molar-refractivity contribution in [2.75, 3.05) is 0 Å². The van der Waals surface area contributed by atoms with Gasteiger partial charge in [-0.1, -0.05) is 0 Å². The molecule has 0 fully saturated rings. The van der Waals surface area contributed by atoms with E-state index in [1.165, 1.54) is 0 Å². The van der Waals surface area contributed by atoms with E-state index in [1.807, 2.05) is 27.7 Å². The van der Waals surface area contributed by atoms with Crippen LogP contribution >= 0.6 is 11.3 Å². The van der Waals surface area contributed by atoms with Crippen molar-refractivity contribution in [3.05, 3.63) is 10.0 Å². The van der Waals surface area contributed by atoms with Crippen LogP contribution in [0, 0.1) is 18.3 Å². The molecule has 0 aliphatic heterocycles. The number of hydrogen-bond acceptors (Lipinski definition) is 5. The van der Waals surface area contributed by atoms with Gasteiger partial charge in [-0.3, -0.25) is 5.32 Å². The second kappa shape index (κ2) is 4.03. The Balaban J connectivity index is 2.69. The van der Waals surface area contributed by atoms with Gasteiger partial charge in [-0.15, -0.1) is 21.5 Å². The van der Waals surface area contributed by atoms with E-state index in [-0.39, 0.29) is 6.04 Å². The zero-order valence-electron chi connectivity index (χ0n) is 8.83. The fourth-order valence-electron chi connectivity index (χ4n) is 1.12. The number of nitrogens with zero attached hydrogens (tertiary/aromatic N) is 3. The van der Waals surface area contributed by atoms with E-state index in [2.05, 4.69) is 21.6 Å². The smallest absolute Gasteiger partial charge is 0.134 e. The van der Waals surface area contributed by atoms with Crippen molar-refractivity contribution in [3.8, 4) is 6.07 Å². The average Bonchev–Trinajstić information content (AvgIpc) is 2.51. The van der Waals surface area contributed by atoms with Gasteiger partial charge in [0.1, 0.15) is 15.6 Å². The SMILES string of the molecule is Cc1nnc(C(C)NC(C)(C)C#N)s1. The molecule has 0 saturated carbocycles. The molecule has 4 nitrogen and oxygen atoms in total. The van der Waals surface area contributed by atoms with Crippen molar-refractivity contribution in [1.29, 1.82) is 5.26 Å². The fourth-order valence-corrected chi connectivity index (χ4v) is 1.82. The summed E-state index contributed by atoms with van der Waals surface area (Å²) >= 11 is 1.55. The van der Waals surface area contributed by atoms with E-state index in [1.54, 1.807) is 11.3 Å². The molecule has 0 aliphatic rings. The molecular weight excluding hydrogens is 196 g/mol. The second-order valence-electron chi connectivity index (χ2n) is 3.76. The van der Waals surface area contributed by atoms with E-state index in [9.17, 15) is 0 Å². The molecule has 76 valence electrons. The van der Waals surface area contributed by atoms with Crippen LogP contribution in [-0.2, 0) is 0 Å². The van der Waals surface area contributed by atoms with Gasteiger partial charge in [0.15, 0.2) is 0 Å². The summed E-state index contributed by atoms with van der Waals surface area (Å²) in [4.78, 5) is 0. The predicted molar refractivity (Wildman–Crippen MR) is 55.9 cm³/mol. The third kappa shape index (κ3) is 2.76. The summed E-state index contributed by atoms with van der Waals surface area (Å²) in [5.41, 5.74) is -0.529. The number of hydrogen-bond donors (Lipinski definition) is 1. The molecule has 0 bridgehead atoms. The first kappa shape index (κ1) is 11.1. The summed E-state index contributed by atoms with van der Waals surface area (Å²) < 4.78 is 0. The van der Waals surface area contributed by atoms with E-state index < -0.39 is 5.54 Å². The zero-order chi connectivity index (χ0) is 10.8. The van der Waals surface area contributed by atoms with Gasteiger partial charge < -0.3 is 0 Å². The minimum atomic E-state index is -0.529. The summed E-state index contributed by atoms with van der Waals surface area (Å²) in [6.07, 6.45) is 0. The highest BCUT2D eigenvalue weighted by molar-refractivity contribution is 7.11. The van der Waals surface area contributed by atoms with Crippen molar-refractivity contribution in [3.63, 3.8) is 0 Å². The Labute approximate surface area is 88.0 Å². The average molecular weight is 210 g/mol. The number of nitrogens with one attached hydrogen (secondary N) is 1. The molecule has 0 radical (unpaired) electrons. The Kier molecular flexibility index (Phi) is 3.19. The maximum absolute atomic E-state index is 8.85. The minimum Gasteiger partial charge on any atom is -0.291 e. The van der Waals surface area contributed by atoms with E-state index in [0.29, 0.717) is 0 Å². The van der Waals surface area contributed by atoms with Gasteiger partial charge in [0.2, 0.25) is 0 Å². The fraction of sp³-hybridized carbons (Fsp3) is 0.667. The lowest BCUT2D eigenvalue weighted by atomic mass is 10.1. The van der Waals surface area contributed by atoms with Crippen molar-refractivity contribution >= 4 is 11.3 Å². The van der Waals surface area contributed by atoms with Gasteiger partial charge >= 0.3 is 0 Å². The molecule has 1 heterocycles. The van der Waals surface area contributed by atoms with Crippen molar-refractivity contribution in [2.45, 2.75) is 39.3 Å². The van der Waals surface area contributed by atoms with Crippen molar-refractivity contribution < 1.29 is 0 Å². The Hall–Kier alpha value is -0.990. The van der Waals surface area contributed by atoms with Crippen molar-refractivity contribution in [1.82, 2.24) is 15.5 Å². The highest BCUT2D eigenvalue weighted by Crippen LogP contribution is 2.19. The molecular formula is C9H14N4S. The largest absolute Gasteiger partial charge is 0.291 e. The molecule has 1 aromatic heterocycles. The molecule has 0 amide bonds. The number of rotatable bonds is 3. The molecule has 1 rings (SSSR count). The van der Waals surface area contributed by atoms with Crippen LogP contribution in [-0.4, -0.2) is 15.7 Å². The van der Waals surface area contributed by atoms with Crippen LogP contribution in [0.1, 0.15) is 36.8 Å². The van der Waals surface area contributed by atoms with Gasteiger partial charge in [-0.05, 0) is 27.7 Å². The molecule has 14 heavy (non-hydrogen) atoms. The predicted octanol–water partition coefficient (Wildman–Crippen LogP) is 1.80. The zero-order valence-corrected chi connectivity index (χ0v) is 9.64. The molecule has 5 heteroatoms. The highest BCUT2D eigenvalue weighted by atomic mass is 32.1. The summed E-state index contributed by atoms with van der Waals surface area (Å²) in [6.45, 7) is 7.59. The van der Waals surface area contributed by atoms with Gasteiger partial charge in [0.05, 0.1) is 12.1 Å². The van der Waals surface area contributed by atoms with Crippen molar-refractivity contribution in [2.24, 2.45) is 0 Å². The first-order chi connectivity index (χ1) is 6.44. The molecule has 1 unspecified atom stereocenters. The maximum atomic E-state index is 8.85. The molecule has 1 aromatic rings. The Bertz CT molecular complexity index is 350. The Morgan fingerprint density at radius 3 is 2.57 bits per heavy atom. The number of nitriles is 1. The van der Waals surface area contributed by atoms with Gasteiger partial charge in [-0.25, -0.2) is 0 Å². The van der Waals surface area contributed by atoms with Crippen LogP contribution in [0.15, 0.2) is 0 Å². The quantitative estimate of drug-likeness (QED) is 0.826. The van der Waals surface area contributed by atoms with Crippen LogP contribution in [0.3, 0.4) is 0 Å². The van der Waals surface area contributed by atoms with Gasteiger partial charge in [0.25, 0.3) is 0 Å². The summed E-state index contributed by atoms with van der Waals surface area (Å²) in [5, 5.41) is 21.9. The van der Waals surface area contributed by atoms with E-state index in [0.717, 1.165) is 10.0 Å². The molecule has 0 aliphatic carbocycles. The molecule has 0 aromatic carbocycles. The Morgan fingerprint density at radius 2 is 2.14 bits per heavy atom. The first-order valence-electron chi connectivity index (χ1n) is 4.43. The Morgan fingerprint density at radius 1 is 1.50 bits per heavy atom. The monoisotopic (exact) mass is 210 g/mol. The van der Waals surface area contributed by atoms with Crippen LogP contribution in [0.4, 0.5) is 0 Å². The molecule has 1 N–H and O–H groups in total. The molecule has 0 spiro atoms. The first-order valence-corrected chi connectivity index (χ1v) is 5.25. The highest BCUT2D eigenvalue weighted by Gasteiger charge is 2.21. The lowest BCUT2D eigenvalue weighted by molar-refractivity contribution is 0.425. The normalized spacial score (nSPS) is 13.6. The van der Waals surface area contributed by atoms with Gasteiger partial charge in [-0.2, -0.15) is 5.26 Å². The summed E-state index contributed by atoms with van der Waals surface area (Å²) in [6, 6.07) is 2.26. The van der Waals surface area contributed by atoms with Crippen LogP contribution in [0.5, 0.6) is 0 Å². The summed E-state index contributed by atoms with van der Waals surface area (Å²) in [7, 11) is 0. The second-order valence-corrected chi connectivity index (χ2v) is 4.98. The van der Waals surface area contributed by atoms with E-state index >= 15 is 0 Å². The lowest BCUT2D eigenvalue weighted by Crippen LogP contribution is -2.39. The van der Waals surface area contributed by atoms with Crippen LogP contribution < -0.4 is 5.32 Å². The summed E-state index contributed by atoms with van der Waals surface area (Å²) in [5.74, 6) is 0. The van der Waals surface area contributed by atoms with Crippen LogP contribution in [0.2, 0.25) is 0 Å².